The topological polar surface area (TPSA) is 92.8 Å². The third-order valence-corrected chi connectivity index (χ3v) is 6.95. The Hall–Kier alpha value is -2.71. The summed E-state index contributed by atoms with van der Waals surface area (Å²) in [6.07, 6.45) is 1.65. The van der Waals surface area contributed by atoms with E-state index >= 15 is 0 Å². The van der Waals surface area contributed by atoms with Crippen molar-refractivity contribution in [2.45, 2.75) is 24.7 Å². The fraction of sp³-hybridized carbons (Fsp3) is 0.333. The Morgan fingerprint density at radius 1 is 1.07 bits per heavy atom. The van der Waals surface area contributed by atoms with E-state index in [2.05, 4.69) is 12.2 Å². The second-order valence-electron chi connectivity index (χ2n) is 7.11. The molecule has 0 unspecified atom stereocenters. The van der Waals surface area contributed by atoms with Gasteiger partial charge in [0, 0.05) is 18.7 Å². The van der Waals surface area contributed by atoms with Crippen LogP contribution in [0.15, 0.2) is 53.4 Å². The highest BCUT2D eigenvalue weighted by atomic mass is 32.2. The van der Waals surface area contributed by atoms with E-state index in [0.717, 1.165) is 12.8 Å². The minimum atomic E-state index is -3.66. The van der Waals surface area contributed by atoms with Crippen LogP contribution in [0.2, 0.25) is 0 Å². The van der Waals surface area contributed by atoms with E-state index in [9.17, 15) is 18.0 Å². The van der Waals surface area contributed by atoms with E-state index in [1.165, 1.54) is 29.6 Å². The normalized spacial score (nSPS) is 15.7. The van der Waals surface area contributed by atoms with Gasteiger partial charge in [-0.2, -0.15) is 4.31 Å². The molecule has 1 heterocycles. The van der Waals surface area contributed by atoms with Crippen molar-refractivity contribution >= 4 is 27.6 Å². The molecule has 0 aliphatic carbocycles. The van der Waals surface area contributed by atoms with E-state index < -0.39 is 21.9 Å². The van der Waals surface area contributed by atoms with E-state index in [4.69, 9.17) is 4.74 Å². The van der Waals surface area contributed by atoms with Crippen LogP contribution in [0.1, 0.15) is 40.5 Å². The zero-order chi connectivity index (χ0) is 21.0. The Bertz CT molecular complexity index is 1010. The van der Waals surface area contributed by atoms with Gasteiger partial charge in [0.05, 0.1) is 23.3 Å². The highest BCUT2D eigenvalue weighted by Crippen LogP contribution is 2.24. The van der Waals surface area contributed by atoms with Crippen LogP contribution in [-0.4, -0.2) is 44.8 Å². The molecule has 29 heavy (non-hydrogen) atoms. The fourth-order valence-electron chi connectivity index (χ4n) is 3.25. The van der Waals surface area contributed by atoms with Crippen LogP contribution in [0.5, 0.6) is 0 Å². The summed E-state index contributed by atoms with van der Waals surface area (Å²) >= 11 is 0. The lowest BCUT2D eigenvalue weighted by Crippen LogP contribution is -2.37. The van der Waals surface area contributed by atoms with Gasteiger partial charge in [0.1, 0.15) is 0 Å². The number of sulfonamides is 1. The van der Waals surface area contributed by atoms with Crippen LogP contribution in [0, 0.1) is 5.92 Å². The number of anilines is 1. The Morgan fingerprint density at radius 3 is 2.45 bits per heavy atom. The Kier molecular flexibility index (Phi) is 6.34. The maximum atomic E-state index is 12.9. The monoisotopic (exact) mass is 416 g/mol. The van der Waals surface area contributed by atoms with Crippen molar-refractivity contribution in [1.82, 2.24) is 4.31 Å². The second-order valence-corrected chi connectivity index (χ2v) is 9.04. The third kappa shape index (κ3) is 4.65. The molecule has 0 bridgehead atoms. The molecule has 1 N–H and O–H groups in total. The summed E-state index contributed by atoms with van der Waals surface area (Å²) in [6, 6.07) is 12.4. The number of para-hydroxylation sites is 1. The van der Waals surface area contributed by atoms with Crippen LogP contribution in [0.3, 0.4) is 0 Å². The predicted molar refractivity (Wildman–Crippen MR) is 109 cm³/mol. The first-order valence-electron chi connectivity index (χ1n) is 9.42. The molecule has 1 saturated heterocycles. The van der Waals surface area contributed by atoms with Crippen molar-refractivity contribution < 1.29 is 22.7 Å². The molecule has 0 aromatic heterocycles. The Balaban J connectivity index is 1.83. The average molecular weight is 416 g/mol. The molecule has 7 nitrogen and oxygen atoms in total. The maximum absolute atomic E-state index is 12.9. The van der Waals surface area contributed by atoms with Gasteiger partial charge in [-0.3, -0.25) is 4.79 Å². The van der Waals surface area contributed by atoms with Gasteiger partial charge >= 0.3 is 5.97 Å². The number of piperidine rings is 1. The van der Waals surface area contributed by atoms with Gasteiger partial charge in [-0.1, -0.05) is 25.1 Å². The predicted octanol–water partition coefficient (Wildman–Crippen LogP) is 3.15. The molecule has 3 rings (SSSR count). The first-order chi connectivity index (χ1) is 13.8. The maximum Gasteiger partial charge on any atom is 0.339 e. The molecular weight excluding hydrogens is 392 g/mol. The highest BCUT2D eigenvalue weighted by Gasteiger charge is 2.28. The minimum absolute atomic E-state index is 0.0842. The molecule has 0 spiro atoms. The number of hydrogen-bond donors (Lipinski definition) is 1. The van der Waals surface area contributed by atoms with Crippen molar-refractivity contribution in [3.63, 3.8) is 0 Å². The second kappa shape index (κ2) is 8.75. The van der Waals surface area contributed by atoms with Crippen LogP contribution in [0.25, 0.3) is 0 Å². The molecule has 8 heteroatoms. The number of carbonyl (C=O) groups is 2. The van der Waals surface area contributed by atoms with E-state index in [0.29, 0.717) is 24.7 Å². The molecule has 2 aromatic rings. The number of hydrogen-bond acceptors (Lipinski definition) is 5. The van der Waals surface area contributed by atoms with Crippen molar-refractivity contribution in [2.24, 2.45) is 5.92 Å². The van der Waals surface area contributed by atoms with Crippen LogP contribution in [-0.2, 0) is 14.8 Å². The number of rotatable bonds is 5. The average Bonchev–Trinajstić information content (AvgIpc) is 2.74. The van der Waals surface area contributed by atoms with Gasteiger partial charge in [0.2, 0.25) is 10.0 Å². The van der Waals surface area contributed by atoms with Crippen LogP contribution in [0.4, 0.5) is 5.69 Å². The number of amides is 1. The number of methoxy groups -OCH3 is 1. The number of nitrogens with one attached hydrogen (secondary N) is 1. The van der Waals surface area contributed by atoms with Gasteiger partial charge in [0.15, 0.2) is 0 Å². The molecule has 154 valence electrons. The molecule has 0 radical (unpaired) electrons. The number of esters is 1. The van der Waals surface area contributed by atoms with Crippen LogP contribution >= 0.6 is 0 Å². The van der Waals surface area contributed by atoms with E-state index in [-0.39, 0.29) is 16.0 Å². The molecule has 1 aliphatic rings. The minimum Gasteiger partial charge on any atom is -0.465 e. The summed E-state index contributed by atoms with van der Waals surface area (Å²) in [5.41, 5.74) is 0.702. The molecular formula is C21H24N2O5S. The van der Waals surface area contributed by atoms with Gasteiger partial charge < -0.3 is 10.1 Å². The largest absolute Gasteiger partial charge is 0.465 e. The van der Waals surface area contributed by atoms with Gasteiger partial charge in [-0.25, -0.2) is 13.2 Å². The zero-order valence-electron chi connectivity index (χ0n) is 16.4. The molecule has 1 fully saturated rings. The van der Waals surface area contributed by atoms with Crippen molar-refractivity contribution in [2.75, 3.05) is 25.5 Å². The fourth-order valence-corrected chi connectivity index (χ4v) is 4.76. The summed E-state index contributed by atoms with van der Waals surface area (Å²) < 4.78 is 32.1. The number of carbonyl (C=O) groups excluding carboxylic acids is 2. The van der Waals surface area contributed by atoms with Gasteiger partial charge in [0.25, 0.3) is 5.91 Å². The van der Waals surface area contributed by atoms with E-state index in [1.807, 2.05) is 0 Å². The summed E-state index contributed by atoms with van der Waals surface area (Å²) in [4.78, 5) is 24.7. The molecule has 1 aliphatic heterocycles. The summed E-state index contributed by atoms with van der Waals surface area (Å²) in [5.74, 6) is -0.573. The summed E-state index contributed by atoms with van der Waals surface area (Å²) in [5, 5.41) is 2.66. The van der Waals surface area contributed by atoms with Crippen molar-refractivity contribution in [1.29, 1.82) is 0 Å². The lowest BCUT2D eigenvalue weighted by molar-refractivity contribution is 0.0602. The molecule has 0 saturated carbocycles. The molecule has 1 amide bonds. The number of benzene rings is 2. The van der Waals surface area contributed by atoms with Crippen molar-refractivity contribution in [3.05, 3.63) is 59.7 Å². The summed E-state index contributed by atoms with van der Waals surface area (Å²) in [7, 11) is -2.40. The third-order valence-electron chi connectivity index (χ3n) is 5.06. The number of nitrogens with zero attached hydrogens (tertiary/aromatic N) is 1. The Labute approximate surface area is 170 Å². The van der Waals surface area contributed by atoms with Gasteiger partial charge in [-0.15, -0.1) is 0 Å². The Morgan fingerprint density at radius 2 is 1.76 bits per heavy atom. The smallest absolute Gasteiger partial charge is 0.339 e. The summed E-state index contributed by atoms with van der Waals surface area (Å²) in [6.45, 7) is 3.07. The standard InChI is InChI=1S/C21H24N2O5S/c1-15-10-12-23(13-11-15)29(26,27)17-7-5-6-16(14-17)20(24)22-19-9-4-3-8-18(19)21(25)28-2/h3-9,14-15H,10-13H2,1-2H3,(H,22,24). The first-order valence-corrected chi connectivity index (χ1v) is 10.9. The zero-order valence-corrected chi connectivity index (χ0v) is 17.2. The van der Waals surface area contributed by atoms with Gasteiger partial charge in [-0.05, 0) is 49.1 Å². The molecule has 2 aromatic carbocycles. The SMILES string of the molecule is COC(=O)c1ccccc1NC(=O)c1cccc(S(=O)(=O)N2CCC(C)CC2)c1. The lowest BCUT2D eigenvalue weighted by Gasteiger charge is -2.29. The lowest BCUT2D eigenvalue weighted by atomic mass is 10.0. The number of ether oxygens (including phenoxy) is 1. The first kappa shape index (κ1) is 21.0. The highest BCUT2D eigenvalue weighted by molar-refractivity contribution is 7.89. The quantitative estimate of drug-likeness (QED) is 0.756. The van der Waals surface area contributed by atoms with Crippen molar-refractivity contribution in [3.8, 4) is 0 Å². The van der Waals surface area contributed by atoms with E-state index in [1.54, 1.807) is 30.3 Å². The molecule has 0 atom stereocenters. The van der Waals surface area contributed by atoms with Crippen LogP contribution < -0.4 is 5.32 Å².